The van der Waals surface area contributed by atoms with Gasteiger partial charge in [-0.3, -0.25) is 14.4 Å². The first kappa shape index (κ1) is 19.1. The number of anilines is 1. The van der Waals surface area contributed by atoms with Crippen LogP contribution < -0.4 is 4.90 Å². The second-order valence-electron chi connectivity index (χ2n) is 8.25. The van der Waals surface area contributed by atoms with Crippen molar-refractivity contribution in [2.24, 2.45) is 0 Å². The maximum atomic E-state index is 13.8. The fourth-order valence-corrected chi connectivity index (χ4v) is 4.99. The lowest BCUT2D eigenvalue weighted by Gasteiger charge is -2.48. The number of hydrogen-bond acceptors (Lipinski definition) is 3. The van der Waals surface area contributed by atoms with Crippen LogP contribution >= 0.6 is 0 Å². The fraction of sp³-hybridized carbons (Fsp3) is 0.545. The molecule has 2 aliphatic heterocycles. The average molecular weight is 384 g/mol. The molecule has 6 heteroatoms. The number of likely N-dealkylation sites (tertiary alicyclic amines) is 1. The van der Waals surface area contributed by atoms with Crippen molar-refractivity contribution in [2.75, 3.05) is 11.4 Å². The van der Waals surface area contributed by atoms with Gasteiger partial charge in [-0.25, -0.2) is 4.39 Å². The highest BCUT2D eigenvalue weighted by molar-refractivity contribution is 5.97. The van der Waals surface area contributed by atoms with Crippen molar-refractivity contribution >= 4 is 11.6 Å². The number of amides is 1. The van der Waals surface area contributed by atoms with E-state index in [-0.39, 0.29) is 17.3 Å². The molecule has 0 radical (unpaired) electrons. The number of hydrogen-bond donors (Lipinski definition) is 0. The molecule has 4 rings (SSSR count). The van der Waals surface area contributed by atoms with Crippen LogP contribution in [0.2, 0.25) is 0 Å². The molecule has 0 unspecified atom stereocenters. The van der Waals surface area contributed by atoms with Crippen molar-refractivity contribution in [1.82, 2.24) is 14.7 Å². The fourth-order valence-electron chi connectivity index (χ4n) is 4.99. The van der Waals surface area contributed by atoms with Gasteiger partial charge in [0.15, 0.2) is 0 Å². The Balaban J connectivity index is 1.52. The van der Waals surface area contributed by atoms with E-state index >= 15 is 0 Å². The highest BCUT2D eigenvalue weighted by atomic mass is 19.1. The number of carbonyl (C=O) groups is 1. The molecular formula is C22H29FN4O. The van der Waals surface area contributed by atoms with Gasteiger partial charge in [0.25, 0.3) is 0 Å². The Labute approximate surface area is 166 Å². The van der Waals surface area contributed by atoms with Gasteiger partial charge in [0, 0.05) is 44.0 Å². The highest BCUT2D eigenvalue weighted by Gasteiger charge is 2.49. The van der Waals surface area contributed by atoms with E-state index in [9.17, 15) is 9.18 Å². The number of aryl methyl sites for hydroxylation is 1. The molecule has 3 heterocycles. The van der Waals surface area contributed by atoms with Gasteiger partial charge in [-0.1, -0.05) is 13.0 Å². The van der Waals surface area contributed by atoms with Crippen molar-refractivity contribution in [1.29, 1.82) is 0 Å². The molecule has 2 saturated heterocycles. The van der Waals surface area contributed by atoms with E-state index in [1.807, 2.05) is 17.2 Å². The first-order valence-corrected chi connectivity index (χ1v) is 10.4. The summed E-state index contributed by atoms with van der Waals surface area (Å²) < 4.78 is 15.9. The maximum absolute atomic E-state index is 13.8. The van der Waals surface area contributed by atoms with Crippen molar-refractivity contribution in [3.05, 3.63) is 48.0 Å². The topological polar surface area (TPSA) is 41.4 Å². The Morgan fingerprint density at radius 2 is 2.14 bits per heavy atom. The zero-order valence-corrected chi connectivity index (χ0v) is 16.8. The Hall–Kier alpha value is -2.21. The molecule has 0 bridgehead atoms. The van der Waals surface area contributed by atoms with Crippen LogP contribution in [0.1, 0.15) is 51.6 Å². The maximum Gasteiger partial charge on any atom is 0.227 e. The molecule has 2 aromatic rings. The molecule has 2 fully saturated rings. The molecule has 5 nitrogen and oxygen atoms in total. The summed E-state index contributed by atoms with van der Waals surface area (Å²) in [5.41, 5.74) is 1.75. The number of carbonyl (C=O) groups excluding carboxylic acids is 1. The molecule has 1 amide bonds. The van der Waals surface area contributed by atoms with Crippen LogP contribution in [-0.2, 0) is 17.9 Å². The van der Waals surface area contributed by atoms with Crippen LogP contribution in [0, 0.1) is 5.82 Å². The molecule has 1 aromatic heterocycles. The summed E-state index contributed by atoms with van der Waals surface area (Å²) in [7, 11) is 0. The van der Waals surface area contributed by atoms with E-state index in [1.54, 1.807) is 6.07 Å². The lowest BCUT2D eigenvalue weighted by Crippen LogP contribution is -2.56. The van der Waals surface area contributed by atoms with E-state index in [2.05, 4.69) is 34.6 Å². The van der Waals surface area contributed by atoms with Crippen LogP contribution in [0.25, 0.3) is 0 Å². The second kappa shape index (κ2) is 7.66. The summed E-state index contributed by atoms with van der Waals surface area (Å²) in [4.78, 5) is 17.1. The minimum Gasteiger partial charge on any atom is -0.306 e. The third kappa shape index (κ3) is 3.46. The molecular weight excluding hydrogens is 355 g/mol. The predicted octanol–water partition coefficient (Wildman–Crippen LogP) is 3.98. The van der Waals surface area contributed by atoms with Gasteiger partial charge < -0.3 is 4.90 Å². The molecule has 0 N–H and O–H groups in total. The van der Waals surface area contributed by atoms with Gasteiger partial charge >= 0.3 is 0 Å². The molecule has 0 saturated carbocycles. The molecule has 1 aromatic carbocycles. The van der Waals surface area contributed by atoms with Crippen molar-refractivity contribution in [3.63, 3.8) is 0 Å². The van der Waals surface area contributed by atoms with E-state index < -0.39 is 0 Å². The van der Waals surface area contributed by atoms with Gasteiger partial charge in [0.1, 0.15) is 5.82 Å². The number of rotatable bonds is 5. The number of benzene rings is 1. The van der Waals surface area contributed by atoms with Crippen LogP contribution in [0.4, 0.5) is 10.1 Å². The van der Waals surface area contributed by atoms with Crippen molar-refractivity contribution in [3.8, 4) is 0 Å². The van der Waals surface area contributed by atoms with E-state index in [1.165, 1.54) is 17.8 Å². The van der Waals surface area contributed by atoms with Crippen LogP contribution in [0.5, 0.6) is 0 Å². The predicted molar refractivity (Wildman–Crippen MR) is 107 cm³/mol. The summed E-state index contributed by atoms with van der Waals surface area (Å²) in [5.74, 6) is -0.172. The molecule has 2 aliphatic rings. The summed E-state index contributed by atoms with van der Waals surface area (Å²) in [6, 6.07) is 8.92. The smallest absolute Gasteiger partial charge is 0.227 e. The molecule has 0 aliphatic carbocycles. The number of nitrogens with zero attached hydrogens (tertiary/aromatic N) is 4. The van der Waals surface area contributed by atoms with Gasteiger partial charge in [-0.2, -0.15) is 5.10 Å². The number of piperidine rings is 1. The van der Waals surface area contributed by atoms with E-state index in [0.717, 1.165) is 45.3 Å². The number of aromatic nitrogens is 2. The van der Waals surface area contributed by atoms with Gasteiger partial charge in [-0.05, 0) is 56.9 Å². The Morgan fingerprint density at radius 3 is 2.89 bits per heavy atom. The minimum absolute atomic E-state index is 0.118. The third-order valence-electron chi connectivity index (χ3n) is 6.36. The average Bonchev–Trinajstić information content (AvgIpc) is 3.22. The SMILES string of the molecule is CCCn1nccc1CN1CC[C@@]2(CCC(=O)N2c2cccc(F)c2)C[C@H]1C. The zero-order valence-electron chi connectivity index (χ0n) is 16.8. The molecule has 1 spiro atoms. The van der Waals surface area contributed by atoms with Crippen molar-refractivity contribution < 1.29 is 9.18 Å². The van der Waals surface area contributed by atoms with Crippen molar-refractivity contribution in [2.45, 2.75) is 70.6 Å². The lowest BCUT2D eigenvalue weighted by atomic mass is 9.81. The second-order valence-corrected chi connectivity index (χ2v) is 8.25. The van der Waals surface area contributed by atoms with E-state index in [4.69, 9.17) is 0 Å². The Bertz CT molecular complexity index is 851. The minimum atomic E-state index is -0.290. The van der Waals surface area contributed by atoms with Gasteiger partial charge in [0.05, 0.1) is 11.2 Å². The third-order valence-corrected chi connectivity index (χ3v) is 6.36. The molecule has 2 atom stereocenters. The first-order chi connectivity index (χ1) is 13.5. The Kier molecular flexibility index (Phi) is 5.23. The van der Waals surface area contributed by atoms with Gasteiger partial charge in [0.2, 0.25) is 5.91 Å². The number of halogens is 1. The van der Waals surface area contributed by atoms with E-state index in [0.29, 0.717) is 18.2 Å². The van der Waals surface area contributed by atoms with Crippen LogP contribution in [-0.4, -0.2) is 38.7 Å². The summed E-state index contributed by atoms with van der Waals surface area (Å²) in [6.07, 6.45) is 6.18. The monoisotopic (exact) mass is 384 g/mol. The lowest BCUT2D eigenvalue weighted by molar-refractivity contribution is -0.117. The molecule has 150 valence electrons. The summed E-state index contributed by atoms with van der Waals surface area (Å²) >= 11 is 0. The largest absolute Gasteiger partial charge is 0.306 e. The van der Waals surface area contributed by atoms with Crippen LogP contribution in [0.3, 0.4) is 0 Å². The molecule has 28 heavy (non-hydrogen) atoms. The summed E-state index contributed by atoms with van der Waals surface area (Å²) in [5, 5.41) is 4.44. The summed E-state index contributed by atoms with van der Waals surface area (Å²) in [6.45, 7) is 7.16. The van der Waals surface area contributed by atoms with Crippen LogP contribution in [0.15, 0.2) is 36.5 Å². The zero-order chi connectivity index (χ0) is 19.7. The quantitative estimate of drug-likeness (QED) is 0.783. The highest BCUT2D eigenvalue weighted by Crippen LogP contribution is 2.44. The Morgan fingerprint density at radius 1 is 1.29 bits per heavy atom. The standard InChI is InChI=1S/C22H29FN4O/c1-3-12-26-20(8-11-24-26)16-25-13-10-22(15-17(25)2)9-7-21(28)27(22)19-6-4-5-18(23)14-19/h4-6,8,11,14,17H,3,7,9-10,12-13,15-16H2,1-2H3/t17-,22+/m1/s1. The first-order valence-electron chi connectivity index (χ1n) is 10.4. The normalized spacial score (nSPS) is 25.8. The van der Waals surface area contributed by atoms with Gasteiger partial charge in [-0.15, -0.1) is 0 Å².